The van der Waals surface area contributed by atoms with Gasteiger partial charge in [0.1, 0.15) is 0 Å². The number of fused-ring (bicyclic) bond motifs is 1. The maximum Gasteiger partial charge on any atom is 0.0811 e. The van der Waals surface area contributed by atoms with Gasteiger partial charge in [0.05, 0.1) is 17.7 Å². The van der Waals surface area contributed by atoms with E-state index in [9.17, 15) is 0 Å². The summed E-state index contributed by atoms with van der Waals surface area (Å²) in [5, 5.41) is 1.16. The van der Waals surface area contributed by atoms with Crippen molar-refractivity contribution in [1.29, 1.82) is 0 Å². The minimum atomic E-state index is -0.123. The van der Waals surface area contributed by atoms with Crippen LogP contribution in [-0.4, -0.2) is 17.1 Å². The molecule has 1 fully saturated rings. The lowest BCUT2D eigenvalue weighted by atomic mass is 9.79. The van der Waals surface area contributed by atoms with E-state index in [1.165, 1.54) is 18.4 Å². The van der Waals surface area contributed by atoms with Gasteiger partial charge in [0.2, 0.25) is 0 Å². The average molecular weight is 284 g/mol. The van der Waals surface area contributed by atoms with Crippen LogP contribution in [0, 0.1) is 5.92 Å². The van der Waals surface area contributed by atoms with Crippen molar-refractivity contribution in [3.63, 3.8) is 0 Å². The van der Waals surface area contributed by atoms with Crippen molar-refractivity contribution < 1.29 is 4.74 Å². The largest absolute Gasteiger partial charge is 0.369 e. The molecule has 2 N–H and O–H groups in total. The zero-order valence-corrected chi connectivity index (χ0v) is 12.7. The second kappa shape index (κ2) is 6.12. The van der Waals surface area contributed by atoms with Gasteiger partial charge in [-0.2, -0.15) is 0 Å². The van der Waals surface area contributed by atoms with E-state index in [1.54, 1.807) is 0 Å². The van der Waals surface area contributed by atoms with E-state index in [0.29, 0.717) is 19.1 Å². The Bertz CT molecular complexity index is 613. The van der Waals surface area contributed by atoms with Crippen molar-refractivity contribution in [3.05, 3.63) is 42.1 Å². The summed E-state index contributed by atoms with van der Waals surface area (Å²) in [5.74, 6) is 0.711. The Labute approximate surface area is 126 Å². The van der Waals surface area contributed by atoms with Gasteiger partial charge in [0.15, 0.2) is 0 Å². The fourth-order valence-corrected chi connectivity index (χ4v) is 3.44. The van der Waals surface area contributed by atoms with Gasteiger partial charge >= 0.3 is 0 Å². The summed E-state index contributed by atoms with van der Waals surface area (Å²) < 4.78 is 6.28. The maximum absolute atomic E-state index is 6.28. The third-order valence-electron chi connectivity index (χ3n) is 4.63. The standard InChI is InChI=1S/C18H24N2O/c1-14-4-2-8-18(11-14,13-19)21-12-15-6-7-17-16(10-15)5-3-9-20-17/h3,5-7,9-10,14H,2,4,8,11-13,19H2,1H3. The van der Waals surface area contributed by atoms with Crippen molar-refractivity contribution in [2.24, 2.45) is 11.7 Å². The van der Waals surface area contributed by atoms with Crippen LogP contribution in [0.3, 0.4) is 0 Å². The number of aromatic nitrogens is 1. The van der Waals surface area contributed by atoms with E-state index in [0.717, 1.165) is 23.7 Å². The molecule has 1 aliphatic rings. The molecule has 112 valence electrons. The van der Waals surface area contributed by atoms with E-state index in [-0.39, 0.29) is 5.60 Å². The Kier molecular flexibility index (Phi) is 4.22. The number of nitrogens with two attached hydrogens (primary N) is 1. The van der Waals surface area contributed by atoms with E-state index in [4.69, 9.17) is 10.5 Å². The zero-order chi connectivity index (χ0) is 14.7. The van der Waals surface area contributed by atoms with Gasteiger partial charge in [-0.25, -0.2) is 0 Å². The molecule has 1 saturated carbocycles. The molecule has 0 spiro atoms. The van der Waals surface area contributed by atoms with Crippen LogP contribution in [0.25, 0.3) is 10.9 Å². The predicted octanol–water partition coefficient (Wildman–Crippen LogP) is 3.66. The molecule has 3 rings (SSSR count). The first-order valence-electron chi connectivity index (χ1n) is 7.88. The molecule has 2 unspecified atom stereocenters. The summed E-state index contributed by atoms with van der Waals surface area (Å²) >= 11 is 0. The summed E-state index contributed by atoms with van der Waals surface area (Å²) in [7, 11) is 0. The summed E-state index contributed by atoms with van der Waals surface area (Å²) in [6, 6.07) is 10.4. The highest BCUT2D eigenvalue weighted by molar-refractivity contribution is 5.78. The average Bonchev–Trinajstić information content (AvgIpc) is 2.53. The molecule has 0 amide bonds. The Morgan fingerprint density at radius 2 is 2.29 bits per heavy atom. The molecule has 1 heterocycles. The van der Waals surface area contributed by atoms with Crippen molar-refractivity contribution >= 4 is 10.9 Å². The lowest BCUT2D eigenvalue weighted by molar-refractivity contribution is -0.0839. The summed E-state index contributed by atoms with van der Waals surface area (Å²) in [6.45, 7) is 3.55. The predicted molar refractivity (Wildman–Crippen MR) is 85.9 cm³/mol. The first-order chi connectivity index (χ1) is 10.2. The van der Waals surface area contributed by atoms with E-state index in [2.05, 4.69) is 36.2 Å². The molecule has 0 bridgehead atoms. The maximum atomic E-state index is 6.28. The minimum absolute atomic E-state index is 0.123. The van der Waals surface area contributed by atoms with Crippen molar-refractivity contribution in [1.82, 2.24) is 4.98 Å². The second-order valence-corrected chi connectivity index (χ2v) is 6.41. The number of nitrogens with zero attached hydrogens (tertiary/aromatic N) is 1. The first kappa shape index (κ1) is 14.5. The van der Waals surface area contributed by atoms with Crippen LogP contribution in [0.2, 0.25) is 0 Å². The van der Waals surface area contributed by atoms with Gasteiger partial charge in [-0.05, 0) is 42.5 Å². The van der Waals surface area contributed by atoms with Crippen LogP contribution in [0.15, 0.2) is 36.5 Å². The highest BCUT2D eigenvalue weighted by Crippen LogP contribution is 2.35. The molecular formula is C18H24N2O. The molecule has 2 atom stereocenters. The van der Waals surface area contributed by atoms with Gasteiger partial charge in [-0.1, -0.05) is 31.9 Å². The number of pyridine rings is 1. The Morgan fingerprint density at radius 3 is 3.10 bits per heavy atom. The number of hydrogen-bond donors (Lipinski definition) is 1. The monoisotopic (exact) mass is 284 g/mol. The minimum Gasteiger partial charge on any atom is -0.369 e. The molecule has 3 heteroatoms. The Morgan fingerprint density at radius 1 is 1.38 bits per heavy atom. The molecule has 2 aromatic rings. The van der Waals surface area contributed by atoms with Crippen LogP contribution in [-0.2, 0) is 11.3 Å². The second-order valence-electron chi connectivity index (χ2n) is 6.41. The van der Waals surface area contributed by atoms with Gasteiger partial charge in [0.25, 0.3) is 0 Å². The fraction of sp³-hybridized carbons (Fsp3) is 0.500. The van der Waals surface area contributed by atoms with Crippen LogP contribution >= 0.6 is 0 Å². The third-order valence-corrected chi connectivity index (χ3v) is 4.63. The fourth-order valence-electron chi connectivity index (χ4n) is 3.44. The highest BCUT2D eigenvalue weighted by atomic mass is 16.5. The molecular weight excluding hydrogens is 260 g/mol. The van der Waals surface area contributed by atoms with Crippen LogP contribution in [0.4, 0.5) is 0 Å². The van der Waals surface area contributed by atoms with Gasteiger partial charge < -0.3 is 10.5 Å². The zero-order valence-electron chi connectivity index (χ0n) is 12.7. The number of rotatable bonds is 4. The topological polar surface area (TPSA) is 48.1 Å². The van der Waals surface area contributed by atoms with Gasteiger partial charge in [-0.15, -0.1) is 0 Å². The van der Waals surface area contributed by atoms with E-state index in [1.807, 2.05) is 12.3 Å². The summed E-state index contributed by atoms with van der Waals surface area (Å²) in [4.78, 5) is 4.35. The third kappa shape index (κ3) is 3.25. The number of ether oxygens (including phenoxy) is 1. The van der Waals surface area contributed by atoms with Crippen LogP contribution in [0.5, 0.6) is 0 Å². The molecule has 0 saturated heterocycles. The lowest BCUT2D eigenvalue weighted by Crippen LogP contribution is -2.44. The van der Waals surface area contributed by atoms with Crippen LogP contribution in [0.1, 0.15) is 38.2 Å². The SMILES string of the molecule is CC1CCCC(CN)(OCc2ccc3ncccc3c2)C1. The van der Waals surface area contributed by atoms with E-state index >= 15 is 0 Å². The molecule has 3 nitrogen and oxygen atoms in total. The van der Waals surface area contributed by atoms with Crippen molar-refractivity contribution in [3.8, 4) is 0 Å². The van der Waals surface area contributed by atoms with Crippen LogP contribution < -0.4 is 5.73 Å². The Balaban J connectivity index is 1.72. The molecule has 1 aromatic heterocycles. The van der Waals surface area contributed by atoms with Crippen molar-refractivity contribution in [2.75, 3.05) is 6.54 Å². The summed E-state index contributed by atoms with van der Waals surface area (Å²) in [6.07, 6.45) is 6.51. The van der Waals surface area contributed by atoms with Gasteiger partial charge in [-0.3, -0.25) is 4.98 Å². The molecule has 0 aliphatic heterocycles. The first-order valence-corrected chi connectivity index (χ1v) is 7.88. The molecule has 1 aliphatic carbocycles. The number of benzene rings is 1. The quantitative estimate of drug-likeness (QED) is 0.932. The van der Waals surface area contributed by atoms with E-state index < -0.39 is 0 Å². The lowest BCUT2D eigenvalue weighted by Gasteiger charge is -2.39. The number of hydrogen-bond acceptors (Lipinski definition) is 3. The highest BCUT2D eigenvalue weighted by Gasteiger charge is 2.34. The smallest absolute Gasteiger partial charge is 0.0811 e. The molecule has 21 heavy (non-hydrogen) atoms. The summed E-state index contributed by atoms with van der Waals surface area (Å²) in [5.41, 5.74) is 8.12. The Hall–Kier alpha value is -1.45. The molecule has 0 radical (unpaired) electrons. The van der Waals surface area contributed by atoms with Gasteiger partial charge in [0, 0.05) is 18.1 Å². The molecule has 1 aromatic carbocycles. The van der Waals surface area contributed by atoms with Crippen molar-refractivity contribution in [2.45, 2.75) is 44.8 Å². The normalized spacial score (nSPS) is 26.1.